The van der Waals surface area contributed by atoms with Crippen LogP contribution >= 0.6 is 0 Å². The van der Waals surface area contributed by atoms with E-state index in [9.17, 15) is 27.2 Å². The summed E-state index contributed by atoms with van der Waals surface area (Å²) in [6.07, 6.45) is -0.391. The summed E-state index contributed by atoms with van der Waals surface area (Å²) >= 11 is 0. The summed E-state index contributed by atoms with van der Waals surface area (Å²) in [6.45, 7) is 0. The maximum Gasteiger partial charge on any atom is 0.344 e. The molecule has 3 nitrogen and oxygen atoms in total. The zero-order chi connectivity index (χ0) is 12.5. The smallest absolute Gasteiger partial charge is 0.344 e. The molecule has 0 aliphatic rings. The van der Waals surface area contributed by atoms with Gasteiger partial charge in [-0.2, -0.15) is 0 Å². The van der Waals surface area contributed by atoms with E-state index in [1.165, 1.54) is 0 Å². The molecule has 0 N–H and O–H groups in total. The van der Waals surface area contributed by atoms with Crippen LogP contribution in [0.1, 0.15) is 20.7 Å². The maximum atomic E-state index is 13.1. The normalized spacial score (nSPS) is 10.1. The quantitative estimate of drug-likeness (QED) is 0.340. The molecule has 7 heteroatoms. The summed E-state index contributed by atoms with van der Waals surface area (Å²) in [5.74, 6) is -9.38. The molecule has 0 unspecified atom stereocenters. The number of benzene rings is 1. The van der Waals surface area contributed by atoms with Gasteiger partial charge >= 0.3 is 5.97 Å². The Kier molecular flexibility index (Phi) is 3.26. The summed E-state index contributed by atoms with van der Waals surface area (Å²) in [4.78, 5) is 21.0. The van der Waals surface area contributed by atoms with E-state index in [4.69, 9.17) is 0 Å². The van der Waals surface area contributed by atoms with E-state index in [1.807, 2.05) is 0 Å². The van der Waals surface area contributed by atoms with Crippen molar-refractivity contribution in [1.29, 1.82) is 0 Å². The second kappa shape index (κ2) is 4.30. The summed E-state index contributed by atoms with van der Waals surface area (Å²) in [5.41, 5.74) is -2.93. The molecule has 86 valence electrons. The third-order valence-electron chi connectivity index (χ3n) is 1.80. The lowest BCUT2D eigenvalue weighted by Crippen LogP contribution is -2.14. The first-order chi connectivity index (χ1) is 7.45. The fourth-order valence-electron chi connectivity index (χ4n) is 1.03. The van der Waals surface area contributed by atoms with E-state index >= 15 is 0 Å². The monoisotopic (exact) mass is 236 g/mol. The van der Waals surface area contributed by atoms with Gasteiger partial charge in [-0.15, -0.1) is 0 Å². The molecule has 0 radical (unpaired) electrons. The van der Waals surface area contributed by atoms with E-state index in [2.05, 4.69) is 4.74 Å². The Morgan fingerprint density at radius 3 is 1.81 bits per heavy atom. The molecule has 0 amide bonds. The summed E-state index contributed by atoms with van der Waals surface area (Å²) in [6, 6.07) is 0. The van der Waals surface area contributed by atoms with E-state index in [0.717, 1.165) is 7.11 Å². The van der Waals surface area contributed by atoms with Crippen molar-refractivity contribution in [2.75, 3.05) is 7.11 Å². The van der Waals surface area contributed by atoms with Crippen LogP contribution in [0.5, 0.6) is 0 Å². The zero-order valence-corrected chi connectivity index (χ0v) is 7.81. The number of hydrogen-bond acceptors (Lipinski definition) is 3. The van der Waals surface area contributed by atoms with E-state index in [-0.39, 0.29) is 0 Å². The molecule has 0 aliphatic heterocycles. The largest absolute Gasteiger partial charge is 0.465 e. The minimum Gasteiger partial charge on any atom is -0.465 e. The average molecular weight is 236 g/mol. The SMILES string of the molecule is COC(=O)c1c(F)c(F)c(C=O)c(F)c1F. The van der Waals surface area contributed by atoms with Gasteiger partial charge in [0.1, 0.15) is 5.56 Å². The van der Waals surface area contributed by atoms with E-state index in [0.29, 0.717) is 0 Å². The number of carbonyl (C=O) groups excluding carboxylic acids is 2. The van der Waals surface area contributed by atoms with Crippen molar-refractivity contribution in [2.45, 2.75) is 0 Å². The number of rotatable bonds is 2. The molecule has 0 saturated carbocycles. The highest BCUT2D eigenvalue weighted by atomic mass is 19.2. The molecule has 16 heavy (non-hydrogen) atoms. The Balaban J connectivity index is 3.66. The summed E-state index contributed by atoms with van der Waals surface area (Å²) < 4.78 is 56.1. The predicted octanol–water partition coefficient (Wildman–Crippen LogP) is 1.84. The Bertz CT molecular complexity index is 441. The van der Waals surface area contributed by atoms with Crippen LogP contribution in [-0.2, 0) is 4.74 Å². The first-order valence-corrected chi connectivity index (χ1v) is 3.85. The first-order valence-electron chi connectivity index (χ1n) is 3.85. The van der Waals surface area contributed by atoms with Gasteiger partial charge in [-0.05, 0) is 0 Å². The van der Waals surface area contributed by atoms with Crippen LogP contribution in [0, 0.1) is 23.3 Å². The van der Waals surface area contributed by atoms with Gasteiger partial charge < -0.3 is 4.74 Å². The van der Waals surface area contributed by atoms with Crippen LogP contribution in [0.2, 0.25) is 0 Å². The molecule has 0 aromatic heterocycles. The molecule has 0 saturated heterocycles. The minimum absolute atomic E-state index is 0.391. The molecular weight excluding hydrogens is 232 g/mol. The van der Waals surface area contributed by atoms with E-state index < -0.39 is 46.7 Å². The molecule has 0 bridgehead atoms. The third-order valence-corrected chi connectivity index (χ3v) is 1.80. The second-order valence-electron chi connectivity index (χ2n) is 2.65. The lowest BCUT2D eigenvalue weighted by molar-refractivity contribution is 0.0586. The molecule has 1 rings (SSSR count). The van der Waals surface area contributed by atoms with Crippen molar-refractivity contribution >= 4 is 12.3 Å². The molecule has 0 aliphatic carbocycles. The number of methoxy groups -OCH3 is 1. The lowest BCUT2D eigenvalue weighted by atomic mass is 10.1. The molecule has 1 aromatic carbocycles. The second-order valence-corrected chi connectivity index (χ2v) is 2.65. The Morgan fingerprint density at radius 1 is 1.06 bits per heavy atom. The van der Waals surface area contributed by atoms with Crippen LogP contribution < -0.4 is 0 Å². The van der Waals surface area contributed by atoms with Gasteiger partial charge in [0.15, 0.2) is 29.6 Å². The Hall–Kier alpha value is -1.92. The molecule has 0 spiro atoms. The van der Waals surface area contributed by atoms with Crippen molar-refractivity contribution in [3.05, 3.63) is 34.4 Å². The number of hydrogen-bond donors (Lipinski definition) is 0. The first kappa shape index (κ1) is 12.2. The number of ether oxygens (including phenoxy) is 1. The average Bonchev–Trinajstić information content (AvgIpc) is 2.27. The van der Waals surface area contributed by atoms with Crippen LogP contribution in [0.4, 0.5) is 17.6 Å². The lowest BCUT2D eigenvalue weighted by Gasteiger charge is -2.06. The van der Waals surface area contributed by atoms with Gasteiger partial charge in [-0.1, -0.05) is 0 Å². The van der Waals surface area contributed by atoms with Gasteiger partial charge in [0.25, 0.3) is 0 Å². The Labute approximate surface area is 86.6 Å². The van der Waals surface area contributed by atoms with Crippen LogP contribution in [0.15, 0.2) is 0 Å². The van der Waals surface area contributed by atoms with Gasteiger partial charge in [0, 0.05) is 0 Å². The molecule has 1 aromatic rings. The van der Waals surface area contributed by atoms with Crippen molar-refractivity contribution in [3.8, 4) is 0 Å². The van der Waals surface area contributed by atoms with Crippen molar-refractivity contribution in [1.82, 2.24) is 0 Å². The van der Waals surface area contributed by atoms with E-state index in [1.54, 1.807) is 0 Å². The Morgan fingerprint density at radius 2 is 1.50 bits per heavy atom. The van der Waals surface area contributed by atoms with Gasteiger partial charge in [0.2, 0.25) is 0 Å². The van der Waals surface area contributed by atoms with Crippen molar-refractivity contribution in [2.24, 2.45) is 0 Å². The van der Waals surface area contributed by atoms with Crippen LogP contribution in [-0.4, -0.2) is 19.4 Å². The van der Waals surface area contributed by atoms with Crippen molar-refractivity contribution < 1.29 is 31.9 Å². The highest BCUT2D eigenvalue weighted by molar-refractivity contribution is 5.91. The minimum atomic E-state index is -1.96. The third kappa shape index (κ3) is 1.64. The number of carbonyl (C=O) groups is 2. The molecule has 0 atom stereocenters. The van der Waals surface area contributed by atoms with Gasteiger partial charge in [-0.25, -0.2) is 22.4 Å². The van der Waals surface area contributed by atoms with Gasteiger partial charge in [0.05, 0.1) is 12.7 Å². The fraction of sp³-hybridized carbons (Fsp3) is 0.111. The zero-order valence-electron chi connectivity index (χ0n) is 7.81. The number of esters is 1. The van der Waals surface area contributed by atoms with Gasteiger partial charge in [-0.3, -0.25) is 4.79 Å². The summed E-state index contributed by atoms with van der Waals surface area (Å²) in [7, 11) is 0.782. The molecule has 0 fully saturated rings. The highest BCUT2D eigenvalue weighted by Gasteiger charge is 2.29. The maximum absolute atomic E-state index is 13.1. The molecule has 0 heterocycles. The topological polar surface area (TPSA) is 43.4 Å². The van der Waals surface area contributed by atoms with Crippen LogP contribution in [0.3, 0.4) is 0 Å². The van der Waals surface area contributed by atoms with Crippen LogP contribution in [0.25, 0.3) is 0 Å². The standard InChI is InChI=1S/C9H4F4O3/c1-16-9(15)4-7(12)5(10)3(2-14)6(11)8(4)13/h2H,1H3. The van der Waals surface area contributed by atoms with Crippen molar-refractivity contribution in [3.63, 3.8) is 0 Å². The summed E-state index contributed by atoms with van der Waals surface area (Å²) in [5, 5.41) is 0. The number of halogens is 4. The highest BCUT2D eigenvalue weighted by Crippen LogP contribution is 2.23. The number of aldehydes is 1. The fourth-order valence-corrected chi connectivity index (χ4v) is 1.03. The predicted molar refractivity (Wildman–Crippen MR) is 43.0 cm³/mol. The molecular formula is C9H4F4O3.